The van der Waals surface area contributed by atoms with Gasteiger partial charge in [-0.25, -0.2) is 8.78 Å². The molecule has 1 amide bonds. The number of nitrogens with one attached hydrogen (secondary N) is 2. The maximum atomic E-state index is 14.3. The molecule has 2 N–H and O–H groups in total. The van der Waals surface area contributed by atoms with Crippen molar-refractivity contribution >= 4 is 23.0 Å². The van der Waals surface area contributed by atoms with Crippen LogP contribution >= 0.6 is 0 Å². The van der Waals surface area contributed by atoms with Gasteiger partial charge in [0.15, 0.2) is 0 Å². The lowest BCUT2D eigenvalue weighted by molar-refractivity contribution is -0.137. The van der Waals surface area contributed by atoms with Crippen molar-refractivity contribution in [2.45, 2.75) is 64.1 Å². The van der Waals surface area contributed by atoms with E-state index < -0.39 is 30.0 Å². The van der Waals surface area contributed by atoms with Gasteiger partial charge in [0.25, 0.3) is 5.91 Å². The standard InChI is InChI=1S/C25H30F5N3O/c1-2-3-6-20(26)23(27)24(34)32-21-12-11-19(15-22(21)33-13-4-5-14-33)31-16-17-7-9-18(10-8-17)25(28,29)30/h7-12,15,20,23,31H,2-6,13-14,16H2,1H3,(H,32,34)/t20-,23+/m0/s1. The van der Waals surface area contributed by atoms with Crippen molar-refractivity contribution in [3.8, 4) is 0 Å². The molecule has 2 aromatic carbocycles. The molecular weight excluding hydrogens is 453 g/mol. The minimum atomic E-state index is -4.38. The monoisotopic (exact) mass is 483 g/mol. The van der Waals surface area contributed by atoms with Crippen LogP contribution in [0.3, 0.4) is 0 Å². The largest absolute Gasteiger partial charge is 0.416 e. The van der Waals surface area contributed by atoms with Gasteiger partial charge in [0.05, 0.1) is 16.9 Å². The molecule has 186 valence electrons. The van der Waals surface area contributed by atoms with Crippen molar-refractivity contribution in [2.75, 3.05) is 28.6 Å². The third kappa shape index (κ3) is 6.84. The summed E-state index contributed by atoms with van der Waals surface area (Å²) in [6.07, 6.45) is -5.29. The second-order valence-corrected chi connectivity index (χ2v) is 8.52. The number of carbonyl (C=O) groups excluding carboxylic acids is 1. The molecule has 4 nitrogen and oxygen atoms in total. The zero-order valence-corrected chi connectivity index (χ0v) is 19.1. The van der Waals surface area contributed by atoms with Crippen LogP contribution in [0, 0.1) is 0 Å². The van der Waals surface area contributed by atoms with Gasteiger partial charge >= 0.3 is 6.18 Å². The molecular formula is C25H30F5N3O. The van der Waals surface area contributed by atoms with E-state index in [0.717, 1.165) is 44.5 Å². The molecule has 1 aliphatic heterocycles. The highest BCUT2D eigenvalue weighted by atomic mass is 19.4. The van der Waals surface area contributed by atoms with Crippen molar-refractivity contribution in [2.24, 2.45) is 0 Å². The fraction of sp³-hybridized carbons (Fsp3) is 0.480. The summed E-state index contributed by atoms with van der Waals surface area (Å²) < 4.78 is 66.6. The Morgan fingerprint density at radius 3 is 2.35 bits per heavy atom. The quantitative estimate of drug-likeness (QED) is 0.369. The number of carbonyl (C=O) groups is 1. The summed E-state index contributed by atoms with van der Waals surface area (Å²) in [5.74, 6) is -1.01. The van der Waals surface area contributed by atoms with Gasteiger partial charge in [-0.2, -0.15) is 13.2 Å². The minimum absolute atomic E-state index is 0.00310. The summed E-state index contributed by atoms with van der Waals surface area (Å²) in [5, 5.41) is 5.71. The molecule has 34 heavy (non-hydrogen) atoms. The lowest BCUT2D eigenvalue weighted by atomic mass is 10.1. The highest BCUT2D eigenvalue weighted by molar-refractivity contribution is 5.98. The van der Waals surface area contributed by atoms with Crippen LogP contribution in [0.25, 0.3) is 0 Å². The van der Waals surface area contributed by atoms with Gasteiger partial charge in [-0.3, -0.25) is 4.79 Å². The Bertz CT molecular complexity index is 943. The predicted molar refractivity (Wildman–Crippen MR) is 125 cm³/mol. The first-order chi connectivity index (χ1) is 16.2. The van der Waals surface area contributed by atoms with Gasteiger partial charge < -0.3 is 15.5 Å². The third-order valence-corrected chi connectivity index (χ3v) is 5.88. The van der Waals surface area contributed by atoms with Crippen molar-refractivity contribution in [1.29, 1.82) is 0 Å². The molecule has 9 heteroatoms. The lowest BCUT2D eigenvalue weighted by Gasteiger charge is -2.23. The molecule has 1 saturated heterocycles. The normalized spacial score (nSPS) is 15.8. The molecule has 0 unspecified atom stereocenters. The Morgan fingerprint density at radius 2 is 1.74 bits per heavy atom. The lowest BCUT2D eigenvalue weighted by Crippen LogP contribution is -2.33. The highest BCUT2D eigenvalue weighted by Crippen LogP contribution is 2.33. The second kappa shape index (κ2) is 11.5. The Balaban J connectivity index is 1.71. The van der Waals surface area contributed by atoms with Crippen LogP contribution in [-0.2, 0) is 17.5 Å². The number of unbranched alkanes of at least 4 members (excludes halogenated alkanes) is 1. The number of nitrogens with zero attached hydrogens (tertiary/aromatic N) is 1. The maximum Gasteiger partial charge on any atom is 0.416 e. The molecule has 2 atom stereocenters. The van der Waals surface area contributed by atoms with E-state index in [1.165, 1.54) is 12.1 Å². The SMILES string of the molecule is CCCC[C@H](F)[C@@H](F)C(=O)Nc1ccc(NCc2ccc(C(F)(F)F)cc2)cc1N1CCCC1. The van der Waals surface area contributed by atoms with Gasteiger partial charge in [-0.15, -0.1) is 0 Å². The van der Waals surface area contributed by atoms with Gasteiger partial charge in [0.2, 0.25) is 6.17 Å². The molecule has 0 aromatic heterocycles. The van der Waals surface area contributed by atoms with Crippen LogP contribution in [0.2, 0.25) is 0 Å². The van der Waals surface area contributed by atoms with Gasteiger partial charge in [-0.05, 0) is 55.2 Å². The fourth-order valence-electron chi connectivity index (χ4n) is 3.89. The van der Waals surface area contributed by atoms with Gasteiger partial charge in [-0.1, -0.05) is 31.9 Å². The molecule has 0 bridgehead atoms. The molecule has 2 aromatic rings. The zero-order valence-electron chi connectivity index (χ0n) is 19.1. The molecule has 1 heterocycles. The molecule has 1 fully saturated rings. The molecule has 0 radical (unpaired) electrons. The molecule has 3 rings (SSSR count). The number of anilines is 3. The van der Waals surface area contributed by atoms with Crippen LogP contribution in [0.1, 0.15) is 50.2 Å². The summed E-state index contributed by atoms with van der Waals surface area (Å²) in [6.45, 7) is 3.71. The van der Waals surface area contributed by atoms with E-state index in [4.69, 9.17) is 0 Å². The first-order valence-corrected chi connectivity index (χ1v) is 11.6. The topological polar surface area (TPSA) is 44.4 Å². The van der Waals surface area contributed by atoms with Gasteiger partial charge in [0.1, 0.15) is 6.17 Å². The van der Waals surface area contributed by atoms with Crippen LogP contribution in [0.15, 0.2) is 42.5 Å². The summed E-state index contributed by atoms with van der Waals surface area (Å²) in [4.78, 5) is 14.4. The minimum Gasteiger partial charge on any atom is -0.381 e. The number of hydrogen-bond donors (Lipinski definition) is 2. The summed E-state index contributed by atoms with van der Waals surface area (Å²) >= 11 is 0. The molecule has 0 spiro atoms. The molecule has 0 aliphatic carbocycles. The summed E-state index contributed by atoms with van der Waals surface area (Å²) in [5.41, 5.74) is 1.76. The van der Waals surface area contributed by atoms with E-state index in [2.05, 4.69) is 15.5 Å². The van der Waals surface area contributed by atoms with Gasteiger partial charge in [0, 0.05) is 25.3 Å². The Hall–Kier alpha value is -2.84. The first kappa shape index (κ1) is 25.8. The third-order valence-electron chi connectivity index (χ3n) is 5.88. The number of amides is 1. The van der Waals surface area contributed by atoms with Crippen LogP contribution in [0.5, 0.6) is 0 Å². The van der Waals surface area contributed by atoms with Crippen LogP contribution in [0.4, 0.5) is 39.0 Å². The Morgan fingerprint density at radius 1 is 1.06 bits per heavy atom. The van der Waals surface area contributed by atoms with E-state index in [1.54, 1.807) is 12.1 Å². The van der Waals surface area contributed by atoms with E-state index in [1.807, 2.05) is 13.0 Å². The smallest absolute Gasteiger partial charge is 0.381 e. The van der Waals surface area contributed by atoms with E-state index in [-0.39, 0.29) is 6.42 Å². The number of alkyl halides is 5. The van der Waals surface area contributed by atoms with Crippen molar-refractivity contribution < 1.29 is 26.7 Å². The number of halogens is 5. The van der Waals surface area contributed by atoms with E-state index >= 15 is 0 Å². The van der Waals surface area contributed by atoms with Crippen molar-refractivity contribution in [1.82, 2.24) is 0 Å². The second-order valence-electron chi connectivity index (χ2n) is 8.52. The molecule has 0 saturated carbocycles. The van der Waals surface area contributed by atoms with Crippen LogP contribution in [-0.4, -0.2) is 31.3 Å². The van der Waals surface area contributed by atoms with Crippen molar-refractivity contribution in [3.63, 3.8) is 0 Å². The highest BCUT2D eigenvalue weighted by Gasteiger charge is 2.30. The summed E-state index contributed by atoms with van der Waals surface area (Å²) in [7, 11) is 0. The summed E-state index contributed by atoms with van der Waals surface area (Å²) in [6, 6.07) is 10.0. The fourth-order valence-corrected chi connectivity index (χ4v) is 3.89. The average Bonchev–Trinajstić information content (AvgIpc) is 3.35. The van der Waals surface area contributed by atoms with E-state index in [0.29, 0.717) is 35.6 Å². The Kier molecular flexibility index (Phi) is 8.74. The molecule has 1 aliphatic rings. The average molecular weight is 484 g/mol. The maximum absolute atomic E-state index is 14.3. The van der Waals surface area contributed by atoms with Crippen LogP contribution < -0.4 is 15.5 Å². The zero-order chi connectivity index (χ0) is 24.7. The van der Waals surface area contributed by atoms with Crippen molar-refractivity contribution in [3.05, 3.63) is 53.6 Å². The Labute approximate surface area is 196 Å². The van der Waals surface area contributed by atoms with E-state index in [9.17, 15) is 26.7 Å². The predicted octanol–water partition coefficient (Wildman–Crippen LogP) is 6.72. The first-order valence-electron chi connectivity index (χ1n) is 11.6. The number of benzene rings is 2. The number of hydrogen-bond acceptors (Lipinski definition) is 3. The number of rotatable bonds is 10.